The molecular formula is C23H23BrN2O3. The van der Waals surface area contributed by atoms with Gasteiger partial charge in [0.2, 0.25) is 0 Å². The fraction of sp³-hybridized carbons (Fsp3) is 0.261. The van der Waals surface area contributed by atoms with Crippen molar-refractivity contribution in [3.05, 3.63) is 91.8 Å². The third-order valence-corrected chi connectivity index (χ3v) is 5.31. The molecule has 2 aromatic carbocycles. The summed E-state index contributed by atoms with van der Waals surface area (Å²) in [5, 5.41) is 4.34. The summed E-state index contributed by atoms with van der Waals surface area (Å²) in [6.45, 7) is 3.56. The fourth-order valence-corrected chi connectivity index (χ4v) is 3.45. The van der Waals surface area contributed by atoms with Gasteiger partial charge in [-0.25, -0.2) is 4.68 Å². The Bertz CT molecular complexity index is 1070. The lowest BCUT2D eigenvalue weighted by Gasteiger charge is -2.15. The number of rotatable bonds is 7. The summed E-state index contributed by atoms with van der Waals surface area (Å²) in [7, 11) is 1.61. The first-order chi connectivity index (χ1) is 13.9. The van der Waals surface area contributed by atoms with Gasteiger partial charge in [0.15, 0.2) is 5.78 Å². The van der Waals surface area contributed by atoms with Crippen molar-refractivity contribution in [2.75, 3.05) is 7.11 Å². The number of Topliss-reactive ketones (excluding diaryl/α,β-unsaturated/α-hetero) is 1. The molecule has 5 nitrogen and oxygen atoms in total. The summed E-state index contributed by atoms with van der Waals surface area (Å²) in [5.74, 6) is 0.687. The van der Waals surface area contributed by atoms with E-state index in [1.807, 2.05) is 55.5 Å². The van der Waals surface area contributed by atoms with Gasteiger partial charge < -0.3 is 4.74 Å². The van der Waals surface area contributed by atoms with Crippen LogP contribution in [0.1, 0.15) is 35.3 Å². The number of benzene rings is 2. The third-order valence-electron chi connectivity index (χ3n) is 4.78. The Labute approximate surface area is 178 Å². The molecule has 1 atom stereocenters. The van der Waals surface area contributed by atoms with Crippen LogP contribution in [0.2, 0.25) is 0 Å². The van der Waals surface area contributed by atoms with Gasteiger partial charge in [0.1, 0.15) is 11.8 Å². The van der Waals surface area contributed by atoms with Crippen LogP contribution in [-0.4, -0.2) is 22.7 Å². The first kappa shape index (κ1) is 21.0. The number of hydrogen-bond donors (Lipinski definition) is 0. The SMILES string of the molecule is COc1cccc(Cc2cc(C)nn([C@H](C)C(=O)Cc3ccc(Br)cc3)c2=O)c1. The van der Waals surface area contributed by atoms with Crippen molar-refractivity contribution in [3.63, 3.8) is 0 Å². The van der Waals surface area contributed by atoms with Crippen molar-refractivity contribution in [3.8, 4) is 5.75 Å². The molecule has 0 aliphatic carbocycles. The lowest BCUT2D eigenvalue weighted by molar-refractivity contribution is -0.121. The number of carbonyl (C=O) groups excluding carboxylic acids is 1. The van der Waals surface area contributed by atoms with Gasteiger partial charge in [-0.05, 0) is 55.3 Å². The number of halogens is 1. The van der Waals surface area contributed by atoms with Crippen LogP contribution >= 0.6 is 15.9 Å². The second-order valence-corrected chi connectivity index (χ2v) is 7.95. The fourth-order valence-electron chi connectivity index (χ4n) is 3.18. The molecule has 150 valence electrons. The molecule has 0 spiro atoms. The van der Waals surface area contributed by atoms with Crippen molar-refractivity contribution in [1.82, 2.24) is 9.78 Å². The minimum absolute atomic E-state index is 0.0557. The van der Waals surface area contributed by atoms with Crippen LogP contribution in [0, 0.1) is 6.92 Å². The Morgan fingerprint density at radius 1 is 1.14 bits per heavy atom. The highest BCUT2D eigenvalue weighted by molar-refractivity contribution is 9.10. The molecule has 0 bridgehead atoms. The van der Waals surface area contributed by atoms with E-state index in [1.165, 1.54) is 4.68 Å². The third kappa shape index (κ3) is 5.21. The Kier molecular flexibility index (Phi) is 6.64. The molecule has 1 aromatic heterocycles. The molecule has 0 unspecified atom stereocenters. The minimum atomic E-state index is -0.643. The van der Waals surface area contributed by atoms with Crippen molar-refractivity contribution < 1.29 is 9.53 Å². The molecule has 0 saturated carbocycles. The summed E-state index contributed by atoms with van der Waals surface area (Å²) in [6, 6.07) is 16.3. The van der Waals surface area contributed by atoms with Gasteiger partial charge in [-0.15, -0.1) is 0 Å². The van der Waals surface area contributed by atoms with Crippen molar-refractivity contribution >= 4 is 21.7 Å². The van der Waals surface area contributed by atoms with Crippen LogP contribution in [0.4, 0.5) is 0 Å². The van der Waals surface area contributed by atoms with Gasteiger partial charge in [-0.2, -0.15) is 5.10 Å². The standard InChI is InChI=1S/C23H23BrN2O3/c1-15-11-19(12-18-5-4-6-21(13-18)29-3)23(28)26(25-15)16(2)22(27)14-17-7-9-20(24)10-8-17/h4-11,13,16H,12,14H2,1-3H3/t16-/m1/s1. The molecular weight excluding hydrogens is 432 g/mol. The van der Waals surface area contributed by atoms with E-state index in [-0.39, 0.29) is 17.8 Å². The van der Waals surface area contributed by atoms with Gasteiger partial charge >= 0.3 is 0 Å². The zero-order valence-corrected chi connectivity index (χ0v) is 18.3. The molecule has 3 rings (SSSR count). The summed E-state index contributed by atoms with van der Waals surface area (Å²) >= 11 is 3.39. The normalized spacial score (nSPS) is 11.9. The maximum absolute atomic E-state index is 13.0. The number of nitrogens with zero attached hydrogens (tertiary/aromatic N) is 2. The molecule has 0 radical (unpaired) electrons. The van der Waals surface area contributed by atoms with Crippen molar-refractivity contribution in [2.45, 2.75) is 32.7 Å². The molecule has 29 heavy (non-hydrogen) atoms. The monoisotopic (exact) mass is 454 g/mol. The van der Waals surface area contributed by atoms with Gasteiger partial charge in [0.05, 0.1) is 12.8 Å². The van der Waals surface area contributed by atoms with E-state index in [0.717, 1.165) is 21.3 Å². The Balaban J connectivity index is 1.86. The number of methoxy groups -OCH3 is 1. The molecule has 0 amide bonds. The average Bonchev–Trinajstić information content (AvgIpc) is 2.71. The van der Waals surface area contributed by atoms with Crippen LogP contribution in [-0.2, 0) is 17.6 Å². The molecule has 0 fully saturated rings. The summed E-state index contributed by atoms with van der Waals surface area (Å²) in [6.07, 6.45) is 0.703. The first-order valence-electron chi connectivity index (χ1n) is 9.37. The number of ether oxygens (including phenoxy) is 1. The van der Waals surface area contributed by atoms with Crippen LogP contribution in [0.5, 0.6) is 5.75 Å². The highest BCUT2D eigenvalue weighted by atomic mass is 79.9. The number of hydrogen-bond acceptors (Lipinski definition) is 4. The van der Waals surface area contributed by atoms with E-state index >= 15 is 0 Å². The number of ketones is 1. The largest absolute Gasteiger partial charge is 0.497 e. The topological polar surface area (TPSA) is 61.2 Å². The van der Waals surface area contributed by atoms with Gasteiger partial charge in [0.25, 0.3) is 5.56 Å². The lowest BCUT2D eigenvalue weighted by atomic mass is 10.0. The summed E-state index contributed by atoms with van der Waals surface area (Å²) in [5.41, 5.74) is 2.93. The van der Waals surface area contributed by atoms with Crippen LogP contribution in [0.25, 0.3) is 0 Å². The first-order valence-corrected chi connectivity index (χ1v) is 10.2. The Morgan fingerprint density at radius 3 is 2.55 bits per heavy atom. The van der Waals surface area contributed by atoms with Crippen molar-refractivity contribution in [2.24, 2.45) is 0 Å². The van der Waals surface area contributed by atoms with E-state index in [4.69, 9.17) is 4.74 Å². The molecule has 1 heterocycles. The van der Waals surface area contributed by atoms with Gasteiger partial charge in [-0.1, -0.05) is 40.2 Å². The molecule has 3 aromatic rings. The van der Waals surface area contributed by atoms with E-state index in [9.17, 15) is 9.59 Å². The predicted molar refractivity (Wildman–Crippen MR) is 117 cm³/mol. The molecule has 0 aliphatic rings. The zero-order valence-electron chi connectivity index (χ0n) is 16.7. The van der Waals surface area contributed by atoms with E-state index in [1.54, 1.807) is 20.1 Å². The van der Waals surface area contributed by atoms with Crippen molar-refractivity contribution in [1.29, 1.82) is 0 Å². The second kappa shape index (κ2) is 9.18. The van der Waals surface area contributed by atoms with Crippen LogP contribution in [0.15, 0.2) is 63.9 Å². The van der Waals surface area contributed by atoms with E-state index < -0.39 is 6.04 Å². The van der Waals surface area contributed by atoms with E-state index in [0.29, 0.717) is 17.7 Å². The lowest BCUT2D eigenvalue weighted by Crippen LogP contribution is -2.33. The number of carbonyl (C=O) groups is 1. The number of aryl methyl sites for hydroxylation is 1. The summed E-state index contributed by atoms with van der Waals surface area (Å²) in [4.78, 5) is 25.8. The quantitative estimate of drug-likeness (QED) is 0.534. The molecule has 0 saturated heterocycles. The molecule has 0 aliphatic heterocycles. The van der Waals surface area contributed by atoms with Crippen LogP contribution < -0.4 is 10.3 Å². The maximum Gasteiger partial charge on any atom is 0.270 e. The Hall–Kier alpha value is -2.73. The van der Waals surface area contributed by atoms with E-state index in [2.05, 4.69) is 21.0 Å². The Morgan fingerprint density at radius 2 is 1.86 bits per heavy atom. The predicted octanol–water partition coefficient (Wildman–Crippen LogP) is 4.29. The smallest absolute Gasteiger partial charge is 0.270 e. The average molecular weight is 455 g/mol. The molecule has 0 N–H and O–H groups in total. The minimum Gasteiger partial charge on any atom is -0.497 e. The van der Waals surface area contributed by atoms with Crippen LogP contribution in [0.3, 0.4) is 0 Å². The summed E-state index contributed by atoms with van der Waals surface area (Å²) < 4.78 is 7.53. The maximum atomic E-state index is 13.0. The zero-order chi connectivity index (χ0) is 21.0. The van der Waals surface area contributed by atoms with Gasteiger partial charge in [-0.3, -0.25) is 9.59 Å². The highest BCUT2D eigenvalue weighted by Gasteiger charge is 2.20. The van der Waals surface area contributed by atoms with Gasteiger partial charge in [0, 0.05) is 22.9 Å². The highest BCUT2D eigenvalue weighted by Crippen LogP contribution is 2.17. The number of aromatic nitrogens is 2. The molecule has 6 heteroatoms. The second-order valence-electron chi connectivity index (χ2n) is 7.03.